The van der Waals surface area contributed by atoms with Crippen LogP contribution in [0.1, 0.15) is 42.1 Å². The Morgan fingerprint density at radius 1 is 0.750 bits per heavy atom. The minimum absolute atomic E-state index is 0.293. The van der Waals surface area contributed by atoms with E-state index in [9.17, 15) is 0 Å². The summed E-state index contributed by atoms with van der Waals surface area (Å²) in [7, 11) is 0. The molecule has 3 heterocycles. The zero-order valence-electron chi connectivity index (χ0n) is 15.8. The van der Waals surface area contributed by atoms with Gasteiger partial charge in [0.1, 0.15) is 6.17 Å². The standard InChI is InChI=1S/C24H22N4/c1-2-8-15(9-3-1)27-22-23(26-20-12-6-5-11-19(20)25-22)28-21-13-7-4-10-16(21)17-14-18(17)24(27)28/h1-4,7-10,13,17-18,24H,5-6,11-12,14H2. The molecular weight excluding hydrogens is 344 g/mol. The summed E-state index contributed by atoms with van der Waals surface area (Å²) in [6.07, 6.45) is 6.13. The van der Waals surface area contributed by atoms with Gasteiger partial charge in [0, 0.05) is 17.3 Å². The van der Waals surface area contributed by atoms with E-state index in [1.54, 1.807) is 0 Å². The Labute approximate surface area is 164 Å². The molecule has 0 amide bonds. The van der Waals surface area contributed by atoms with Crippen LogP contribution in [0.15, 0.2) is 54.6 Å². The zero-order chi connectivity index (χ0) is 18.2. The predicted molar refractivity (Wildman–Crippen MR) is 110 cm³/mol. The molecular formula is C24H22N4. The Hall–Kier alpha value is -2.88. The van der Waals surface area contributed by atoms with Crippen LogP contribution in [0.3, 0.4) is 0 Å². The molecule has 1 fully saturated rings. The Morgan fingerprint density at radius 3 is 2.21 bits per heavy atom. The number of anilines is 4. The maximum atomic E-state index is 5.23. The second kappa shape index (κ2) is 5.34. The van der Waals surface area contributed by atoms with Crippen LogP contribution in [0.4, 0.5) is 23.0 Å². The maximum Gasteiger partial charge on any atom is 0.178 e. The highest BCUT2D eigenvalue weighted by atomic mass is 15.5. The number of aromatic nitrogens is 2. The van der Waals surface area contributed by atoms with Gasteiger partial charge in [0.2, 0.25) is 0 Å². The number of hydrogen-bond donors (Lipinski definition) is 0. The van der Waals surface area contributed by atoms with Crippen LogP contribution in [-0.4, -0.2) is 16.1 Å². The lowest BCUT2D eigenvalue weighted by Crippen LogP contribution is -2.42. The van der Waals surface area contributed by atoms with Gasteiger partial charge < -0.3 is 9.80 Å². The van der Waals surface area contributed by atoms with Crippen LogP contribution >= 0.6 is 0 Å². The van der Waals surface area contributed by atoms with E-state index in [1.165, 1.54) is 47.6 Å². The third-order valence-electron chi connectivity index (χ3n) is 6.93. The highest BCUT2D eigenvalue weighted by Gasteiger charge is 2.58. The third kappa shape index (κ3) is 1.90. The number of aryl methyl sites for hydroxylation is 2. The van der Waals surface area contributed by atoms with E-state index in [-0.39, 0.29) is 0 Å². The van der Waals surface area contributed by atoms with Crippen molar-refractivity contribution >= 4 is 23.0 Å². The average Bonchev–Trinajstić information content (AvgIpc) is 3.49. The molecule has 7 rings (SSSR count). The highest BCUT2D eigenvalue weighted by molar-refractivity contribution is 5.86. The van der Waals surface area contributed by atoms with Gasteiger partial charge in [-0.3, -0.25) is 0 Å². The summed E-state index contributed by atoms with van der Waals surface area (Å²) >= 11 is 0. The van der Waals surface area contributed by atoms with Crippen molar-refractivity contribution in [3.63, 3.8) is 0 Å². The van der Waals surface area contributed by atoms with E-state index < -0.39 is 0 Å². The Morgan fingerprint density at radius 2 is 1.43 bits per heavy atom. The first-order chi connectivity index (χ1) is 13.9. The predicted octanol–water partition coefficient (Wildman–Crippen LogP) is 5.09. The summed E-state index contributed by atoms with van der Waals surface area (Å²) in [6.45, 7) is 0. The molecule has 3 atom stereocenters. The van der Waals surface area contributed by atoms with Gasteiger partial charge in [-0.2, -0.15) is 0 Å². The molecule has 2 aliphatic carbocycles. The fourth-order valence-electron chi connectivity index (χ4n) is 5.58. The smallest absolute Gasteiger partial charge is 0.178 e. The topological polar surface area (TPSA) is 32.3 Å². The molecule has 0 N–H and O–H groups in total. The van der Waals surface area contributed by atoms with Crippen molar-refractivity contribution in [2.24, 2.45) is 5.92 Å². The van der Waals surface area contributed by atoms with Gasteiger partial charge in [0.25, 0.3) is 0 Å². The van der Waals surface area contributed by atoms with Crippen LogP contribution in [0.5, 0.6) is 0 Å². The second-order valence-corrected chi connectivity index (χ2v) is 8.53. The molecule has 3 aromatic rings. The first-order valence-electron chi connectivity index (χ1n) is 10.5. The molecule has 0 spiro atoms. The SMILES string of the molecule is c1ccc(N2c3nc4c(nc3N3c5ccccc5C5CC5C23)CCCC4)cc1. The molecule has 1 aromatic heterocycles. The number of hydrogen-bond acceptors (Lipinski definition) is 4. The molecule has 4 aliphatic rings. The normalized spacial score (nSPS) is 26.1. The lowest BCUT2D eigenvalue weighted by atomic mass is 9.99. The summed E-state index contributed by atoms with van der Waals surface area (Å²) in [4.78, 5) is 15.4. The molecule has 4 nitrogen and oxygen atoms in total. The van der Waals surface area contributed by atoms with Crippen molar-refractivity contribution in [3.05, 3.63) is 71.5 Å². The Balaban J connectivity index is 1.50. The van der Waals surface area contributed by atoms with E-state index in [1.807, 2.05) is 0 Å². The van der Waals surface area contributed by atoms with Crippen molar-refractivity contribution < 1.29 is 0 Å². The van der Waals surface area contributed by atoms with Gasteiger partial charge in [0.05, 0.1) is 11.4 Å². The highest BCUT2D eigenvalue weighted by Crippen LogP contribution is 2.64. The average molecular weight is 366 g/mol. The van der Waals surface area contributed by atoms with Crippen LogP contribution in [0, 0.1) is 5.92 Å². The fourth-order valence-corrected chi connectivity index (χ4v) is 5.58. The van der Waals surface area contributed by atoms with Crippen LogP contribution in [-0.2, 0) is 12.8 Å². The van der Waals surface area contributed by atoms with Gasteiger partial charge in [0.15, 0.2) is 11.6 Å². The number of rotatable bonds is 1. The van der Waals surface area contributed by atoms with E-state index in [2.05, 4.69) is 64.4 Å². The number of fused-ring (bicyclic) bond motifs is 9. The van der Waals surface area contributed by atoms with Crippen LogP contribution in [0.2, 0.25) is 0 Å². The lowest BCUT2D eigenvalue weighted by molar-refractivity contribution is 0.575. The number of nitrogens with zero attached hydrogens (tertiary/aromatic N) is 4. The second-order valence-electron chi connectivity index (χ2n) is 8.53. The quantitative estimate of drug-likeness (QED) is 0.601. The lowest BCUT2D eigenvalue weighted by Gasteiger charge is -2.36. The fraction of sp³-hybridized carbons (Fsp3) is 0.333. The minimum atomic E-state index is 0.293. The van der Waals surface area contributed by atoms with Crippen molar-refractivity contribution in [1.82, 2.24) is 9.97 Å². The van der Waals surface area contributed by atoms with E-state index in [4.69, 9.17) is 9.97 Å². The molecule has 2 aliphatic heterocycles. The van der Waals surface area contributed by atoms with Crippen LogP contribution < -0.4 is 9.80 Å². The van der Waals surface area contributed by atoms with Gasteiger partial charge in [-0.05, 0) is 61.8 Å². The Bertz CT molecular complexity index is 1090. The van der Waals surface area contributed by atoms with Gasteiger partial charge in [-0.25, -0.2) is 9.97 Å². The van der Waals surface area contributed by atoms with Crippen molar-refractivity contribution in [2.45, 2.75) is 44.2 Å². The van der Waals surface area contributed by atoms with Gasteiger partial charge >= 0.3 is 0 Å². The van der Waals surface area contributed by atoms with Crippen molar-refractivity contribution in [1.29, 1.82) is 0 Å². The monoisotopic (exact) mass is 366 g/mol. The first kappa shape index (κ1) is 15.1. The van der Waals surface area contributed by atoms with Gasteiger partial charge in [-0.1, -0.05) is 36.4 Å². The molecule has 28 heavy (non-hydrogen) atoms. The van der Waals surface area contributed by atoms with E-state index in [0.717, 1.165) is 24.5 Å². The number of benzene rings is 2. The zero-order valence-corrected chi connectivity index (χ0v) is 15.8. The molecule has 0 radical (unpaired) electrons. The molecule has 1 saturated carbocycles. The molecule has 4 heteroatoms. The summed E-state index contributed by atoms with van der Waals surface area (Å²) in [5, 5.41) is 0. The van der Waals surface area contributed by atoms with Crippen LogP contribution in [0.25, 0.3) is 0 Å². The van der Waals surface area contributed by atoms with E-state index in [0.29, 0.717) is 18.0 Å². The summed E-state index contributed by atoms with van der Waals surface area (Å²) in [6, 6.07) is 19.7. The number of para-hydroxylation sites is 2. The van der Waals surface area contributed by atoms with E-state index >= 15 is 0 Å². The van der Waals surface area contributed by atoms with Gasteiger partial charge in [-0.15, -0.1) is 0 Å². The largest absolute Gasteiger partial charge is 0.302 e. The van der Waals surface area contributed by atoms with Crippen molar-refractivity contribution in [3.8, 4) is 0 Å². The molecule has 2 aromatic carbocycles. The third-order valence-corrected chi connectivity index (χ3v) is 6.93. The summed E-state index contributed by atoms with van der Waals surface area (Å²) in [5.74, 6) is 3.43. The minimum Gasteiger partial charge on any atom is -0.302 e. The molecule has 138 valence electrons. The first-order valence-corrected chi connectivity index (χ1v) is 10.5. The summed E-state index contributed by atoms with van der Waals surface area (Å²) in [5.41, 5.74) is 6.48. The molecule has 0 bridgehead atoms. The summed E-state index contributed by atoms with van der Waals surface area (Å²) < 4.78 is 0. The molecule has 3 unspecified atom stereocenters. The maximum absolute atomic E-state index is 5.23. The molecule has 0 saturated heterocycles. The van der Waals surface area contributed by atoms with Crippen molar-refractivity contribution in [2.75, 3.05) is 9.80 Å². The Kier molecular flexibility index (Phi) is 2.88.